The molecule has 1 heterocycles. The summed E-state index contributed by atoms with van der Waals surface area (Å²) in [6.07, 6.45) is 0.481. The molecule has 134 valence electrons. The molecule has 1 atom stereocenters. The summed E-state index contributed by atoms with van der Waals surface area (Å²) in [5.74, 6) is -1.50. The molecule has 2 aromatic carbocycles. The summed E-state index contributed by atoms with van der Waals surface area (Å²) in [5, 5.41) is 19.4. The molecule has 0 saturated carbocycles. The van der Waals surface area contributed by atoms with Gasteiger partial charge < -0.3 is 19.5 Å². The summed E-state index contributed by atoms with van der Waals surface area (Å²) >= 11 is 0. The Kier molecular flexibility index (Phi) is 5.70. The number of para-hydroxylation sites is 1. The van der Waals surface area contributed by atoms with Crippen LogP contribution < -0.4 is 4.65 Å². The first-order chi connectivity index (χ1) is 12.5. The predicted molar refractivity (Wildman–Crippen MR) is 95.2 cm³/mol. The number of carboxylic acids is 1. The summed E-state index contributed by atoms with van der Waals surface area (Å²) in [6, 6.07) is 14.4. The lowest BCUT2D eigenvalue weighted by Gasteiger charge is -2.27. The van der Waals surface area contributed by atoms with Crippen LogP contribution in [0.5, 0.6) is 5.75 Å². The van der Waals surface area contributed by atoms with E-state index in [9.17, 15) is 19.7 Å². The molecule has 1 aliphatic heterocycles. The molecule has 0 fully saturated rings. The van der Waals surface area contributed by atoms with E-state index in [0.717, 1.165) is 5.56 Å². The average Bonchev–Trinajstić information content (AvgIpc) is 2.62. The fourth-order valence-corrected chi connectivity index (χ4v) is 3.03. The molecule has 0 aromatic heterocycles. The molecule has 0 bridgehead atoms. The molecule has 2 aromatic rings. The normalized spacial score (nSPS) is 15.9. The third kappa shape index (κ3) is 4.31. The van der Waals surface area contributed by atoms with Crippen LogP contribution in [-0.2, 0) is 22.6 Å². The van der Waals surface area contributed by atoms with Crippen LogP contribution in [-0.4, -0.2) is 35.6 Å². The first-order valence-corrected chi connectivity index (χ1v) is 8.38. The molecule has 3 rings (SSSR count). The molecule has 0 spiro atoms. The van der Waals surface area contributed by atoms with E-state index in [1.165, 1.54) is 6.07 Å². The number of ketones is 1. The van der Waals surface area contributed by atoms with Crippen molar-refractivity contribution in [2.75, 3.05) is 6.61 Å². The monoisotopic (exact) mass is 354 g/mol. The minimum absolute atomic E-state index is 0.0116. The fraction of sp³-hybridized carbons (Fsp3) is 0.263. The van der Waals surface area contributed by atoms with Crippen molar-refractivity contribution >= 4 is 18.9 Å². The fourth-order valence-electron chi connectivity index (χ4n) is 3.03. The van der Waals surface area contributed by atoms with Crippen molar-refractivity contribution in [3.63, 3.8) is 0 Å². The van der Waals surface area contributed by atoms with Gasteiger partial charge in [0.05, 0.1) is 12.2 Å². The van der Waals surface area contributed by atoms with Crippen molar-refractivity contribution in [3.05, 3.63) is 65.2 Å². The standard InChI is InChI=1S/C19H19BO6/c21-16(12-25-11-13-5-2-1-3-6-13)10-15-9-14-7-4-8-17(19(22)23)18(14)26-20(15)24/h1-8,15,24H,9-12H2,(H,22,23)/t15-/m1/s1. The second-order valence-electron chi connectivity index (χ2n) is 6.29. The Bertz CT molecular complexity index is 792. The van der Waals surface area contributed by atoms with Crippen molar-refractivity contribution in [3.8, 4) is 5.75 Å². The zero-order chi connectivity index (χ0) is 18.5. The van der Waals surface area contributed by atoms with Crippen molar-refractivity contribution in [1.29, 1.82) is 0 Å². The quantitative estimate of drug-likeness (QED) is 0.742. The van der Waals surface area contributed by atoms with Gasteiger partial charge in [-0.3, -0.25) is 4.79 Å². The third-order valence-corrected chi connectivity index (χ3v) is 4.32. The van der Waals surface area contributed by atoms with E-state index in [0.29, 0.717) is 18.6 Å². The van der Waals surface area contributed by atoms with Crippen molar-refractivity contribution < 1.29 is 29.1 Å². The number of Topliss-reactive ketones (excluding diaryl/α,β-unsaturated/α-hetero) is 1. The van der Waals surface area contributed by atoms with Gasteiger partial charge in [-0.25, -0.2) is 4.79 Å². The van der Waals surface area contributed by atoms with E-state index in [-0.39, 0.29) is 30.1 Å². The summed E-state index contributed by atoms with van der Waals surface area (Å²) in [7, 11) is -1.22. The number of benzene rings is 2. The maximum Gasteiger partial charge on any atom is 0.526 e. The van der Waals surface area contributed by atoms with Gasteiger partial charge in [0.15, 0.2) is 5.78 Å². The molecule has 0 radical (unpaired) electrons. The molecule has 0 aliphatic carbocycles. The van der Waals surface area contributed by atoms with Crippen LogP contribution in [0.1, 0.15) is 27.9 Å². The Hall–Kier alpha value is -2.64. The molecule has 26 heavy (non-hydrogen) atoms. The summed E-state index contributed by atoms with van der Waals surface area (Å²) in [5.41, 5.74) is 1.67. The Morgan fingerprint density at radius 2 is 1.92 bits per heavy atom. The maximum atomic E-state index is 12.1. The Labute approximate surface area is 151 Å². The van der Waals surface area contributed by atoms with Gasteiger partial charge in [-0.2, -0.15) is 0 Å². The molecular formula is C19H19BO6. The van der Waals surface area contributed by atoms with Gasteiger partial charge in [0.1, 0.15) is 12.4 Å². The topological polar surface area (TPSA) is 93.1 Å². The van der Waals surface area contributed by atoms with Gasteiger partial charge in [0, 0.05) is 12.2 Å². The summed E-state index contributed by atoms with van der Waals surface area (Å²) in [4.78, 5) is 23.4. The number of rotatable bonds is 7. The van der Waals surface area contributed by atoms with Crippen LogP contribution in [0.2, 0.25) is 5.82 Å². The number of carbonyl (C=O) groups is 2. The van der Waals surface area contributed by atoms with Crippen molar-refractivity contribution in [2.24, 2.45) is 0 Å². The van der Waals surface area contributed by atoms with Gasteiger partial charge >= 0.3 is 13.1 Å². The van der Waals surface area contributed by atoms with Crippen LogP contribution in [0.4, 0.5) is 0 Å². The van der Waals surface area contributed by atoms with Gasteiger partial charge in [0.2, 0.25) is 0 Å². The number of carboxylic acid groups (broad SMARTS) is 1. The van der Waals surface area contributed by atoms with E-state index in [1.54, 1.807) is 12.1 Å². The second-order valence-corrected chi connectivity index (χ2v) is 6.29. The van der Waals surface area contributed by atoms with Crippen molar-refractivity contribution in [1.82, 2.24) is 0 Å². The average molecular weight is 354 g/mol. The molecule has 2 N–H and O–H groups in total. The highest BCUT2D eigenvalue weighted by molar-refractivity contribution is 6.47. The minimum Gasteiger partial charge on any atom is -0.535 e. The number of aromatic carboxylic acids is 1. The lowest BCUT2D eigenvalue weighted by Crippen LogP contribution is -2.36. The highest BCUT2D eigenvalue weighted by atomic mass is 16.5. The lowest BCUT2D eigenvalue weighted by atomic mass is 9.64. The van der Waals surface area contributed by atoms with Crippen LogP contribution >= 0.6 is 0 Å². The molecule has 1 aliphatic rings. The summed E-state index contributed by atoms with van der Waals surface area (Å²) < 4.78 is 10.8. The van der Waals surface area contributed by atoms with E-state index < -0.39 is 18.9 Å². The number of fused-ring (bicyclic) bond motifs is 1. The highest BCUT2D eigenvalue weighted by Gasteiger charge is 2.37. The van der Waals surface area contributed by atoms with E-state index in [4.69, 9.17) is 9.39 Å². The largest absolute Gasteiger partial charge is 0.535 e. The highest BCUT2D eigenvalue weighted by Crippen LogP contribution is 2.36. The smallest absolute Gasteiger partial charge is 0.526 e. The predicted octanol–water partition coefficient (Wildman–Crippen LogP) is 2.35. The lowest BCUT2D eigenvalue weighted by molar-refractivity contribution is -0.124. The first kappa shape index (κ1) is 18.2. The summed E-state index contributed by atoms with van der Waals surface area (Å²) in [6.45, 7) is 0.307. The maximum absolute atomic E-state index is 12.1. The molecule has 0 unspecified atom stereocenters. The van der Waals surface area contributed by atoms with Gasteiger partial charge in [-0.1, -0.05) is 42.5 Å². The molecular weight excluding hydrogens is 335 g/mol. The van der Waals surface area contributed by atoms with Crippen LogP contribution in [0, 0.1) is 0 Å². The zero-order valence-electron chi connectivity index (χ0n) is 14.1. The van der Waals surface area contributed by atoms with Crippen LogP contribution in [0.3, 0.4) is 0 Å². The Morgan fingerprint density at radius 3 is 2.65 bits per heavy atom. The molecule has 0 saturated heterocycles. The van der Waals surface area contributed by atoms with Gasteiger partial charge in [0.25, 0.3) is 0 Å². The minimum atomic E-state index is -1.22. The SMILES string of the molecule is O=C(COCc1ccccc1)C[C@H]1Cc2cccc(C(=O)O)c2OB1O. The molecule has 7 heteroatoms. The van der Waals surface area contributed by atoms with E-state index in [2.05, 4.69) is 0 Å². The van der Waals surface area contributed by atoms with Gasteiger partial charge in [-0.15, -0.1) is 0 Å². The van der Waals surface area contributed by atoms with E-state index in [1.807, 2.05) is 30.3 Å². The van der Waals surface area contributed by atoms with Crippen LogP contribution in [0.25, 0.3) is 0 Å². The zero-order valence-corrected chi connectivity index (χ0v) is 14.1. The second kappa shape index (κ2) is 8.16. The number of hydrogen-bond acceptors (Lipinski definition) is 5. The van der Waals surface area contributed by atoms with Gasteiger partial charge in [-0.05, 0) is 23.6 Å². The Balaban J connectivity index is 1.56. The number of ether oxygens (including phenoxy) is 1. The van der Waals surface area contributed by atoms with Crippen molar-refractivity contribution in [2.45, 2.75) is 25.3 Å². The molecule has 0 amide bonds. The van der Waals surface area contributed by atoms with Crippen LogP contribution in [0.15, 0.2) is 48.5 Å². The first-order valence-electron chi connectivity index (χ1n) is 8.38. The number of hydrogen-bond donors (Lipinski definition) is 2. The Morgan fingerprint density at radius 1 is 1.15 bits per heavy atom. The van der Waals surface area contributed by atoms with E-state index >= 15 is 0 Å². The number of carbonyl (C=O) groups excluding carboxylic acids is 1. The molecule has 6 nitrogen and oxygen atoms in total. The third-order valence-electron chi connectivity index (χ3n) is 4.32.